The lowest BCUT2D eigenvalue weighted by Gasteiger charge is -2.04. The van der Waals surface area contributed by atoms with Gasteiger partial charge < -0.3 is 15.6 Å². The fraction of sp³-hybridized carbons (Fsp3) is 1.00. The number of ether oxygens (including phenoxy) is 1. The first-order valence-electron chi connectivity index (χ1n) is 3.73. The van der Waals surface area contributed by atoms with Crippen LogP contribution in [0.3, 0.4) is 0 Å². The van der Waals surface area contributed by atoms with Crippen LogP contribution in [0.1, 0.15) is 19.8 Å². The Morgan fingerprint density at radius 3 is 2.70 bits per heavy atom. The molecular weight excluding hydrogens is 130 g/mol. The Hall–Kier alpha value is -0.120. The Bertz CT molecular complexity index is 66.6. The Kier molecular flexibility index (Phi) is 6.91. The summed E-state index contributed by atoms with van der Waals surface area (Å²) in [6.45, 7) is 3.58. The number of aliphatic hydroxyl groups is 1. The van der Waals surface area contributed by atoms with Crippen LogP contribution in [-0.2, 0) is 4.74 Å². The summed E-state index contributed by atoms with van der Waals surface area (Å²) in [5.41, 5.74) is 5.27. The zero-order valence-corrected chi connectivity index (χ0v) is 6.55. The van der Waals surface area contributed by atoms with E-state index in [0.29, 0.717) is 13.2 Å². The van der Waals surface area contributed by atoms with Crippen molar-refractivity contribution >= 4 is 0 Å². The second-order valence-corrected chi connectivity index (χ2v) is 2.42. The summed E-state index contributed by atoms with van der Waals surface area (Å²) in [6, 6.07) is 0. The summed E-state index contributed by atoms with van der Waals surface area (Å²) < 4.78 is 5.09. The number of unbranched alkanes of at least 4 members (excludes halogenated alkanes) is 1. The first-order chi connectivity index (χ1) is 4.77. The summed E-state index contributed by atoms with van der Waals surface area (Å²) in [4.78, 5) is 0. The van der Waals surface area contributed by atoms with E-state index in [-0.39, 0.29) is 6.10 Å². The van der Waals surface area contributed by atoms with Crippen LogP contribution in [0.15, 0.2) is 0 Å². The van der Waals surface area contributed by atoms with Crippen LogP contribution < -0.4 is 5.73 Å². The maximum absolute atomic E-state index is 8.76. The molecule has 0 saturated carbocycles. The third-order valence-corrected chi connectivity index (χ3v) is 1.10. The van der Waals surface area contributed by atoms with Gasteiger partial charge >= 0.3 is 0 Å². The highest BCUT2D eigenvalue weighted by Gasteiger charge is 1.93. The number of aliphatic hydroxyl groups excluding tert-OH is 1. The first-order valence-corrected chi connectivity index (χ1v) is 3.73. The molecule has 0 spiro atoms. The number of hydrogen-bond acceptors (Lipinski definition) is 3. The van der Waals surface area contributed by atoms with Gasteiger partial charge in [-0.25, -0.2) is 0 Å². The molecule has 0 aliphatic rings. The Labute approximate surface area is 62.2 Å². The minimum atomic E-state index is -0.349. The molecule has 0 heterocycles. The molecule has 3 heteroatoms. The molecule has 0 rings (SSSR count). The second-order valence-electron chi connectivity index (χ2n) is 2.42. The minimum absolute atomic E-state index is 0.349. The molecule has 0 aromatic heterocycles. The minimum Gasteiger partial charge on any atom is -0.391 e. The quantitative estimate of drug-likeness (QED) is 0.525. The van der Waals surface area contributed by atoms with Gasteiger partial charge in [0.15, 0.2) is 0 Å². The van der Waals surface area contributed by atoms with E-state index in [0.717, 1.165) is 19.4 Å². The topological polar surface area (TPSA) is 55.5 Å². The van der Waals surface area contributed by atoms with E-state index < -0.39 is 0 Å². The van der Waals surface area contributed by atoms with Gasteiger partial charge in [-0.2, -0.15) is 0 Å². The van der Waals surface area contributed by atoms with Crippen LogP contribution in [0.4, 0.5) is 0 Å². The molecule has 62 valence electrons. The molecule has 0 fully saturated rings. The molecule has 0 bridgehead atoms. The monoisotopic (exact) mass is 147 g/mol. The van der Waals surface area contributed by atoms with Gasteiger partial charge in [0.05, 0.1) is 12.7 Å². The normalized spacial score (nSPS) is 13.5. The summed E-state index contributed by atoms with van der Waals surface area (Å²) in [5.74, 6) is 0. The zero-order chi connectivity index (χ0) is 7.82. The lowest BCUT2D eigenvalue weighted by molar-refractivity contribution is 0.0449. The first kappa shape index (κ1) is 9.88. The summed E-state index contributed by atoms with van der Waals surface area (Å²) in [6.07, 6.45) is 1.64. The van der Waals surface area contributed by atoms with Gasteiger partial charge in [-0.05, 0) is 26.3 Å². The lowest BCUT2D eigenvalue weighted by Crippen LogP contribution is -2.11. The molecule has 1 unspecified atom stereocenters. The molecule has 0 aliphatic carbocycles. The number of rotatable bonds is 6. The van der Waals surface area contributed by atoms with Gasteiger partial charge in [0.2, 0.25) is 0 Å². The van der Waals surface area contributed by atoms with E-state index >= 15 is 0 Å². The third-order valence-electron chi connectivity index (χ3n) is 1.10. The van der Waals surface area contributed by atoms with Crippen LogP contribution in [0.5, 0.6) is 0 Å². The second kappa shape index (κ2) is 6.99. The molecule has 0 radical (unpaired) electrons. The van der Waals surface area contributed by atoms with E-state index in [4.69, 9.17) is 15.6 Å². The van der Waals surface area contributed by atoms with Crippen molar-refractivity contribution in [1.29, 1.82) is 0 Å². The van der Waals surface area contributed by atoms with Crippen molar-refractivity contribution in [3.05, 3.63) is 0 Å². The third kappa shape index (κ3) is 7.88. The molecule has 10 heavy (non-hydrogen) atoms. The highest BCUT2D eigenvalue weighted by atomic mass is 16.5. The summed E-state index contributed by atoms with van der Waals surface area (Å²) >= 11 is 0. The van der Waals surface area contributed by atoms with Crippen molar-refractivity contribution in [2.75, 3.05) is 19.8 Å². The molecule has 1 atom stereocenters. The van der Waals surface area contributed by atoms with Gasteiger partial charge in [-0.15, -0.1) is 0 Å². The lowest BCUT2D eigenvalue weighted by atomic mass is 10.3. The van der Waals surface area contributed by atoms with E-state index in [1.807, 2.05) is 0 Å². The number of hydrogen-bond donors (Lipinski definition) is 2. The van der Waals surface area contributed by atoms with Gasteiger partial charge in [0, 0.05) is 6.61 Å². The average Bonchev–Trinajstić information content (AvgIpc) is 1.87. The Morgan fingerprint density at radius 2 is 2.20 bits per heavy atom. The summed E-state index contributed by atoms with van der Waals surface area (Å²) in [5, 5.41) is 8.76. The van der Waals surface area contributed by atoms with Gasteiger partial charge in [-0.1, -0.05) is 0 Å². The van der Waals surface area contributed by atoms with Crippen LogP contribution in [0.25, 0.3) is 0 Å². The molecule has 0 aliphatic heterocycles. The molecule has 0 amide bonds. The van der Waals surface area contributed by atoms with Crippen molar-refractivity contribution in [3.8, 4) is 0 Å². The van der Waals surface area contributed by atoms with Crippen LogP contribution >= 0.6 is 0 Å². The average molecular weight is 147 g/mol. The molecule has 0 aromatic rings. The Morgan fingerprint density at radius 1 is 1.50 bits per heavy atom. The zero-order valence-electron chi connectivity index (χ0n) is 6.55. The maximum atomic E-state index is 8.76. The van der Waals surface area contributed by atoms with E-state index in [1.165, 1.54) is 0 Å². The van der Waals surface area contributed by atoms with Gasteiger partial charge in [-0.3, -0.25) is 0 Å². The van der Waals surface area contributed by atoms with Gasteiger partial charge in [0.25, 0.3) is 0 Å². The highest BCUT2D eigenvalue weighted by molar-refractivity contribution is 4.43. The summed E-state index contributed by atoms with van der Waals surface area (Å²) in [7, 11) is 0. The van der Waals surface area contributed by atoms with Crippen LogP contribution in [0, 0.1) is 0 Å². The SMILES string of the molecule is CC(O)COCCCCN. The standard InChI is InChI=1S/C7H17NO2/c1-7(9)6-10-5-3-2-4-8/h7,9H,2-6,8H2,1H3. The van der Waals surface area contributed by atoms with Crippen molar-refractivity contribution in [2.45, 2.75) is 25.9 Å². The molecule has 0 aromatic carbocycles. The predicted octanol–water partition coefficient (Wildman–Crippen LogP) is 0.123. The van der Waals surface area contributed by atoms with Crippen LogP contribution in [-0.4, -0.2) is 31.0 Å². The van der Waals surface area contributed by atoms with Crippen molar-refractivity contribution < 1.29 is 9.84 Å². The maximum Gasteiger partial charge on any atom is 0.0745 e. The van der Waals surface area contributed by atoms with Gasteiger partial charge in [0.1, 0.15) is 0 Å². The van der Waals surface area contributed by atoms with Crippen LogP contribution in [0.2, 0.25) is 0 Å². The molecular formula is C7H17NO2. The van der Waals surface area contributed by atoms with Crippen molar-refractivity contribution in [3.63, 3.8) is 0 Å². The fourth-order valence-electron chi connectivity index (χ4n) is 0.602. The highest BCUT2D eigenvalue weighted by Crippen LogP contribution is 1.89. The van der Waals surface area contributed by atoms with Crippen molar-refractivity contribution in [2.24, 2.45) is 5.73 Å². The van der Waals surface area contributed by atoms with E-state index in [2.05, 4.69) is 0 Å². The smallest absolute Gasteiger partial charge is 0.0745 e. The Balaban J connectivity index is 2.77. The van der Waals surface area contributed by atoms with E-state index in [9.17, 15) is 0 Å². The fourth-order valence-corrected chi connectivity index (χ4v) is 0.602. The predicted molar refractivity (Wildman–Crippen MR) is 40.8 cm³/mol. The molecule has 3 N–H and O–H groups in total. The molecule has 3 nitrogen and oxygen atoms in total. The molecule has 0 saturated heterocycles. The largest absolute Gasteiger partial charge is 0.391 e. The van der Waals surface area contributed by atoms with E-state index in [1.54, 1.807) is 6.92 Å². The number of nitrogens with two attached hydrogens (primary N) is 1. The van der Waals surface area contributed by atoms with Crippen molar-refractivity contribution in [1.82, 2.24) is 0 Å².